The van der Waals surface area contributed by atoms with Gasteiger partial charge in [-0.2, -0.15) is 0 Å². The summed E-state index contributed by atoms with van der Waals surface area (Å²) >= 11 is 0. The zero-order valence-electron chi connectivity index (χ0n) is 6.86. The van der Waals surface area contributed by atoms with Crippen LogP contribution in [0.25, 0.3) is 11.0 Å². The van der Waals surface area contributed by atoms with Crippen molar-refractivity contribution in [3.05, 3.63) is 24.3 Å². The Morgan fingerprint density at radius 1 is 1.58 bits per heavy atom. The number of rotatable bonds is 1. The summed E-state index contributed by atoms with van der Waals surface area (Å²) < 4.78 is 1.98. The molecule has 2 aromatic heterocycles. The highest BCUT2D eigenvalue weighted by Crippen LogP contribution is 2.13. The number of aryl methyl sites for hydroxylation is 1. The Hall–Kier alpha value is -1.42. The Bertz CT molecular complexity index is 404. The summed E-state index contributed by atoms with van der Waals surface area (Å²) in [6.07, 6.45) is 3.34. The van der Waals surface area contributed by atoms with Gasteiger partial charge >= 0.3 is 0 Å². The van der Waals surface area contributed by atoms with Crippen LogP contribution in [0.4, 0.5) is 0 Å². The van der Waals surface area contributed by atoms with E-state index in [0.29, 0.717) is 6.54 Å². The van der Waals surface area contributed by atoms with Gasteiger partial charge in [0.15, 0.2) is 0 Å². The summed E-state index contributed by atoms with van der Waals surface area (Å²) in [5.74, 6) is 0. The number of aromatic nitrogens is 3. The second-order valence-corrected chi connectivity index (χ2v) is 2.70. The van der Waals surface area contributed by atoms with E-state index in [1.807, 2.05) is 17.7 Å². The number of fused-ring (bicyclic) bond motifs is 1. The third-order valence-corrected chi connectivity index (χ3v) is 2.00. The van der Waals surface area contributed by atoms with Crippen LogP contribution in [0.5, 0.6) is 0 Å². The van der Waals surface area contributed by atoms with Crippen molar-refractivity contribution in [3.63, 3.8) is 0 Å². The fourth-order valence-corrected chi connectivity index (χ4v) is 1.32. The zero-order valence-corrected chi connectivity index (χ0v) is 6.86. The van der Waals surface area contributed by atoms with Crippen molar-refractivity contribution >= 4 is 11.0 Å². The second-order valence-electron chi connectivity index (χ2n) is 2.70. The van der Waals surface area contributed by atoms with Gasteiger partial charge in [-0.25, -0.2) is 9.97 Å². The maximum atomic E-state index is 5.55. The zero-order chi connectivity index (χ0) is 8.55. The first-order chi connectivity index (χ1) is 5.83. The van der Waals surface area contributed by atoms with Crippen LogP contribution in [-0.2, 0) is 13.6 Å². The molecule has 2 N–H and O–H groups in total. The van der Waals surface area contributed by atoms with Gasteiger partial charge in [0, 0.05) is 30.9 Å². The molecular formula is C8H10N4. The van der Waals surface area contributed by atoms with E-state index in [1.54, 1.807) is 12.5 Å². The Morgan fingerprint density at radius 2 is 2.42 bits per heavy atom. The van der Waals surface area contributed by atoms with Gasteiger partial charge in [0.2, 0.25) is 0 Å². The van der Waals surface area contributed by atoms with E-state index in [4.69, 9.17) is 5.73 Å². The molecular weight excluding hydrogens is 152 g/mol. The first kappa shape index (κ1) is 7.24. The lowest BCUT2D eigenvalue weighted by molar-refractivity contribution is 0.838. The van der Waals surface area contributed by atoms with Crippen LogP contribution in [-0.4, -0.2) is 14.5 Å². The molecule has 0 aromatic carbocycles. The lowest BCUT2D eigenvalue weighted by Crippen LogP contribution is -2.03. The maximum Gasteiger partial charge on any atom is 0.143 e. The van der Waals surface area contributed by atoms with Gasteiger partial charge in [-0.1, -0.05) is 0 Å². The third kappa shape index (κ3) is 0.887. The van der Waals surface area contributed by atoms with Gasteiger partial charge in [0.1, 0.15) is 12.0 Å². The minimum atomic E-state index is 0.535. The molecule has 0 aliphatic rings. The molecule has 0 aliphatic carbocycles. The highest BCUT2D eigenvalue weighted by Gasteiger charge is 2.03. The molecule has 62 valence electrons. The molecule has 0 amide bonds. The highest BCUT2D eigenvalue weighted by molar-refractivity contribution is 5.76. The first-order valence-corrected chi connectivity index (χ1v) is 3.77. The number of nitrogens with zero attached hydrogens (tertiary/aromatic N) is 3. The Labute approximate surface area is 70.0 Å². The average Bonchev–Trinajstić information content (AvgIpc) is 2.44. The minimum Gasteiger partial charge on any atom is -0.331 e. The summed E-state index contributed by atoms with van der Waals surface area (Å²) in [5, 5.41) is 1.04. The van der Waals surface area contributed by atoms with Crippen molar-refractivity contribution in [3.8, 4) is 0 Å². The average molecular weight is 162 g/mol. The molecule has 0 bridgehead atoms. The molecule has 0 atom stereocenters. The Kier molecular flexibility index (Phi) is 1.55. The monoisotopic (exact) mass is 162 g/mol. The van der Waals surface area contributed by atoms with Crippen molar-refractivity contribution < 1.29 is 0 Å². The van der Waals surface area contributed by atoms with Crippen LogP contribution in [0.3, 0.4) is 0 Å². The second kappa shape index (κ2) is 2.57. The van der Waals surface area contributed by atoms with Crippen molar-refractivity contribution in [2.24, 2.45) is 12.8 Å². The summed E-state index contributed by atoms with van der Waals surface area (Å²) in [5.41, 5.74) is 7.56. The molecule has 2 heterocycles. The SMILES string of the molecule is Cn1c(CN)cc2cncnc21. The van der Waals surface area contributed by atoms with Crippen molar-refractivity contribution in [2.75, 3.05) is 0 Å². The topological polar surface area (TPSA) is 56.7 Å². The van der Waals surface area contributed by atoms with Crippen LogP contribution in [0.1, 0.15) is 5.69 Å². The molecule has 4 heteroatoms. The van der Waals surface area contributed by atoms with Crippen molar-refractivity contribution in [2.45, 2.75) is 6.54 Å². The van der Waals surface area contributed by atoms with Gasteiger partial charge in [0.25, 0.3) is 0 Å². The quantitative estimate of drug-likeness (QED) is 0.661. The van der Waals surface area contributed by atoms with Crippen LogP contribution in [0.2, 0.25) is 0 Å². The molecule has 0 saturated carbocycles. The van der Waals surface area contributed by atoms with E-state index in [0.717, 1.165) is 16.7 Å². The summed E-state index contributed by atoms with van der Waals surface area (Å²) in [4.78, 5) is 8.08. The van der Waals surface area contributed by atoms with Gasteiger partial charge < -0.3 is 10.3 Å². The fraction of sp³-hybridized carbons (Fsp3) is 0.250. The lowest BCUT2D eigenvalue weighted by Gasteiger charge is -1.98. The lowest BCUT2D eigenvalue weighted by atomic mass is 10.4. The molecule has 4 nitrogen and oxygen atoms in total. The number of hydrogen-bond acceptors (Lipinski definition) is 3. The molecule has 2 rings (SSSR count). The molecule has 0 saturated heterocycles. The smallest absolute Gasteiger partial charge is 0.143 e. The van der Waals surface area contributed by atoms with Gasteiger partial charge in [0.05, 0.1) is 0 Å². The van der Waals surface area contributed by atoms with Crippen LogP contribution >= 0.6 is 0 Å². The van der Waals surface area contributed by atoms with Gasteiger partial charge in [-0.05, 0) is 6.07 Å². The van der Waals surface area contributed by atoms with E-state index >= 15 is 0 Å². The highest BCUT2D eigenvalue weighted by atomic mass is 15.0. The molecule has 0 unspecified atom stereocenters. The predicted octanol–water partition coefficient (Wildman–Crippen LogP) is 0.427. The maximum absolute atomic E-state index is 5.55. The van der Waals surface area contributed by atoms with E-state index in [9.17, 15) is 0 Å². The van der Waals surface area contributed by atoms with Crippen molar-refractivity contribution in [1.82, 2.24) is 14.5 Å². The molecule has 0 fully saturated rings. The molecule has 0 radical (unpaired) electrons. The third-order valence-electron chi connectivity index (χ3n) is 2.00. The molecule has 2 aromatic rings. The fourth-order valence-electron chi connectivity index (χ4n) is 1.32. The molecule has 0 spiro atoms. The first-order valence-electron chi connectivity index (χ1n) is 3.77. The van der Waals surface area contributed by atoms with Crippen molar-refractivity contribution in [1.29, 1.82) is 0 Å². The predicted molar refractivity (Wildman–Crippen MR) is 46.4 cm³/mol. The summed E-state index contributed by atoms with van der Waals surface area (Å²) in [7, 11) is 1.96. The normalized spacial score (nSPS) is 10.8. The number of nitrogens with two attached hydrogens (primary N) is 1. The molecule has 0 aliphatic heterocycles. The largest absolute Gasteiger partial charge is 0.331 e. The van der Waals surface area contributed by atoms with Crippen LogP contribution < -0.4 is 5.73 Å². The van der Waals surface area contributed by atoms with E-state index in [2.05, 4.69) is 9.97 Å². The molecule has 12 heavy (non-hydrogen) atoms. The van der Waals surface area contributed by atoms with Crippen LogP contribution in [0, 0.1) is 0 Å². The van der Waals surface area contributed by atoms with E-state index in [1.165, 1.54) is 0 Å². The minimum absolute atomic E-state index is 0.535. The summed E-state index contributed by atoms with van der Waals surface area (Å²) in [6, 6.07) is 2.01. The number of hydrogen-bond donors (Lipinski definition) is 1. The Balaban J connectivity index is 2.78. The van der Waals surface area contributed by atoms with Gasteiger partial charge in [-0.15, -0.1) is 0 Å². The van der Waals surface area contributed by atoms with E-state index in [-0.39, 0.29) is 0 Å². The van der Waals surface area contributed by atoms with E-state index < -0.39 is 0 Å². The summed E-state index contributed by atoms with van der Waals surface area (Å²) in [6.45, 7) is 0.535. The standard InChI is InChI=1S/C8H10N4/c1-12-7(3-9)2-6-4-10-5-11-8(6)12/h2,4-5H,3,9H2,1H3. The Morgan fingerprint density at radius 3 is 3.08 bits per heavy atom. The van der Waals surface area contributed by atoms with Crippen LogP contribution in [0.15, 0.2) is 18.6 Å². The van der Waals surface area contributed by atoms with Gasteiger partial charge in [-0.3, -0.25) is 0 Å².